The van der Waals surface area contributed by atoms with Gasteiger partial charge < -0.3 is 38.6 Å². The van der Waals surface area contributed by atoms with E-state index in [9.17, 15) is 15.0 Å². The Bertz CT molecular complexity index is 1220. The summed E-state index contributed by atoms with van der Waals surface area (Å²) in [5.74, 6) is -2.59. The molecule has 198 valence electrons. The normalized spacial score (nSPS) is 57.9. The second kappa shape index (κ2) is 6.58. The molecule has 8 rings (SSSR count). The summed E-state index contributed by atoms with van der Waals surface area (Å²) in [6.07, 6.45) is -2.74. The molecule has 37 heavy (non-hydrogen) atoms. The molecular formula is C28H32O9. The number of fused-ring (bicyclic) bond motifs is 2. The van der Waals surface area contributed by atoms with E-state index in [1.165, 1.54) is 0 Å². The number of carbonyl (C=O) groups is 1. The van der Waals surface area contributed by atoms with Gasteiger partial charge in [-0.15, -0.1) is 0 Å². The van der Waals surface area contributed by atoms with Crippen molar-refractivity contribution < 1.29 is 43.4 Å². The Morgan fingerprint density at radius 2 is 1.84 bits per heavy atom. The third-order valence-corrected chi connectivity index (χ3v) is 10.8. The van der Waals surface area contributed by atoms with Crippen molar-refractivity contribution in [3.05, 3.63) is 48.0 Å². The first-order chi connectivity index (χ1) is 17.6. The summed E-state index contributed by atoms with van der Waals surface area (Å²) >= 11 is 0. The van der Waals surface area contributed by atoms with Crippen LogP contribution in [0.1, 0.15) is 39.2 Å². The highest BCUT2D eigenvalue weighted by Crippen LogP contribution is 2.75. The first-order valence-electron chi connectivity index (χ1n) is 13.3. The van der Waals surface area contributed by atoms with E-state index in [0.29, 0.717) is 12.8 Å². The van der Waals surface area contributed by atoms with Gasteiger partial charge in [-0.1, -0.05) is 50.8 Å². The minimum absolute atomic E-state index is 0.107. The van der Waals surface area contributed by atoms with E-state index in [-0.39, 0.29) is 11.8 Å². The Labute approximate surface area is 214 Å². The molecule has 0 amide bonds. The molecule has 3 bridgehead atoms. The summed E-state index contributed by atoms with van der Waals surface area (Å²) in [6, 6.07) is 9.58. The highest BCUT2D eigenvalue weighted by Gasteiger charge is 2.91. The van der Waals surface area contributed by atoms with Gasteiger partial charge in [-0.2, -0.15) is 0 Å². The molecule has 4 saturated heterocycles. The minimum atomic E-state index is -1.51. The van der Waals surface area contributed by atoms with Crippen LogP contribution >= 0.6 is 0 Å². The van der Waals surface area contributed by atoms with Gasteiger partial charge in [0.25, 0.3) is 0 Å². The van der Waals surface area contributed by atoms with Crippen LogP contribution in [0.3, 0.4) is 0 Å². The third kappa shape index (κ3) is 2.23. The zero-order valence-corrected chi connectivity index (χ0v) is 21.1. The number of benzene rings is 1. The molecule has 9 nitrogen and oxygen atoms in total. The maximum atomic E-state index is 12.7. The fraction of sp³-hybridized carbons (Fsp3) is 0.679. The number of hydrogen-bond donors (Lipinski definition) is 2. The van der Waals surface area contributed by atoms with Crippen molar-refractivity contribution in [3.8, 4) is 0 Å². The summed E-state index contributed by atoms with van der Waals surface area (Å²) in [6.45, 7) is 9.96. The lowest BCUT2D eigenvalue weighted by Crippen LogP contribution is -2.72. The molecule has 3 saturated carbocycles. The molecule has 1 aromatic rings. The van der Waals surface area contributed by atoms with E-state index in [2.05, 4.69) is 13.5 Å². The lowest BCUT2D eigenvalue weighted by molar-refractivity contribution is -0.442. The number of rotatable bonds is 3. The average Bonchev–Trinajstić information content (AvgIpc) is 3.33. The first-order valence-corrected chi connectivity index (χ1v) is 13.3. The van der Waals surface area contributed by atoms with E-state index in [0.717, 1.165) is 11.1 Å². The van der Waals surface area contributed by atoms with Crippen LogP contribution in [-0.4, -0.2) is 69.8 Å². The molecule has 3 aliphatic carbocycles. The third-order valence-electron chi connectivity index (χ3n) is 10.8. The smallest absolute Gasteiger partial charge is 0.426 e. The topological polar surface area (TPSA) is 116 Å². The fourth-order valence-electron chi connectivity index (χ4n) is 9.37. The van der Waals surface area contributed by atoms with Crippen LogP contribution in [0.5, 0.6) is 0 Å². The highest BCUT2D eigenvalue weighted by atomic mass is 16.9. The van der Waals surface area contributed by atoms with Crippen LogP contribution in [-0.2, 0) is 34.4 Å². The van der Waals surface area contributed by atoms with Crippen LogP contribution in [0.15, 0.2) is 42.5 Å². The van der Waals surface area contributed by atoms with E-state index < -0.39 is 77.4 Å². The molecular weight excluding hydrogens is 480 g/mol. The van der Waals surface area contributed by atoms with E-state index in [1.54, 1.807) is 0 Å². The van der Waals surface area contributed by atoms with E-state index in [1.807, 2.05) is 44.2 Å². The number of hydrogen-bond acceptors (Lipinski definition) is 9. The molecule has 9 heteroatoms. The van der Waals surface area contributed by atoms with Crippen molar-refractivity contribution in [1.82, 2.24) is 0 Å². The number of aliphatic hydroxyl groups is 2. The summed E-state index contributed by atoms with van der Waals surface area (Å²) in [7, 11) is 0. The first kappa shape index (κ1) is 22.9. The van der Waals surface area contributed by atoms with Crippen molar-refractivity contribution in [2.45, 2.75) is 86.4 Å². The van der Waals surface area contributed by atoms with Gasteiger partial charge >= 0.3 is 12.1 Å². The van der Waals surface area contributed by atoms with Crippen molar-refractivity contribution in [3.63, 3.8) is 0 Å². The Hall–Kier alpha value is -2.01. The molecule has 1 aromatic carbocycles. The Kier molecular flexibility index (Phi) is 4.08. The quantitative estimate of drug-likeness (QED) is 0.358. The molecule has 4 unspecified atom stereocenters. The monoisotopic (exact) mass is 512 g/mol. The van der Waals surface area contributed by atoms with Crippen LogP contribution in [0.25, 0.3) is 0 Å². The number of aliphatic hydroxyl groups excluding tert-OH is 2. The second-order valence-corrected chi connectivity index (χ2v) is 12.4. The molecule has 7 aliphatic rings. The van der Waals surface area contributed by atoms with E-state index >= 15 is 0 Å². The summed E-state index contributed by atoms with van der Waals surface area (Å²) in [5, 5.41) is 22.7. The van der Waals surface area contributed by atoms with E-state index in [4.69, 9.17) is 28.4 Å². The van der Waals surface area contributed by atoms with Gasteiger partial charge in [0, 0.05) is 17.4 Å². The Balaban J connectivity index is 1.42. The van der Waals surface area contributed by atoms with Gasteiger partial charge in [0.15, 0.2) is 11.7 Å². The minimum Gasteiger partial charge on any atom is -0.426 e. The molecule has 2 N–H and O–H groups in total. The molecule has 0 aromatic heterocycles. The molecule has 4 aliphatic heterocycles. The zero-order valence-electron chi connectivity index (χ0n) is 21.1. The van der Waals surface area contributed by atoms with Gasteiger partial charge in [-0.3, -0.25) is 0 Å². The number of carbonyl (C=O) groups excluding carboxylic acids is 1. The van der Waals surface area contributed by atoms with Gasteiger partial charge in [0.2, 0.25) is 0 Å². The lowest BCUT2D eigenvalue weighted by Gasteiger charge is -2.60. The average molecular weight is 513 g/mol. The standard InChI is InChI=1S/C28H32O9/c1-13(2)24-11-15(4)26-17-10-14(3)19-27(17,35-23(31)32-19)22(30)25(12-29)21(33-25)18(26)20(24)34-28(36-24,37-26)16-8-6-5-7-9-16/h5-9,14-15,17-22,29-30H,1,10-12H2,2-4H3/t14-,15+,17?,18?,19-,20?,21-,22+,24+,25-,26-,27+,28?/m0/s1. The molecule has 7 fully saturated rings. The Morgan fingerprint density at radius 1 is 1.08 bits per heavy atom. The summed E-state index contributed by atoms with van der Waals surface area (Å²) < 4.78 is 38.9. The number of epoxide rings is 1. The predicted octanol–water partition coefficient (Wildman–Crippen LogP) is 2.39. The zero-order chi connectivity index (χ0) is 25.8. The molecule has 0 radical (unpaired) electrons. The fourth-order valence-corrected chi connectivity index (χ4v) is 9.37. The predicted molar refractivity (Wildman–Crippen MR) is 125 cm³/mol. The SMILES string of the molecule is C=C(C)[C@]12C[C@@H](C)[C@@]34OC(c5ccccc5)(OC1C3[C@@H]1O[C@]1(CO)[C@@H](O)[C@]13OC(=O)O[C@H]1[C@@H](C)CC43)O2. The molecule has 1 spiro atoms. The summed E-state index contributed by atoms with van der Waals surface area (Å²) in [4.78, 5) is 12.7. The second-order valence-electron chi connectivity index (χ2n) is 12.4. The largest absolute Gasteiger partial charge is 0.509 e. The highest BCUT2D eigenvalue weighted by molar-refractivity contribution is 5.65. The maximum Gasteiger partial charge on any atom is 0.509 e. The maximum absolute atomic E-state index is 12.7. The van der Waals surface area contributed by atoms with Gasteiger partial charge in [0.05, 0.1) is 12.2 Å². The Morgan fingerprint density at radius 3 is 2.54 bits per heavy atom. The van der Waals surface area contributed by atoms with Crippen molar-refractivity contribution in [2.24, 2.45) is 23.7 Å². The summed E-state index contributed by atoms with van der Waals surface area (Å²) in [5.41, 5.74) is -3.05. The number of ether oxygens (including phenoxy) is 6. The van der Waals surface area contributed by atoms with Crippen LogP contribution < -0.4 is 0 Å². The van der Waals surface area contributed by atoms with Crippen LogP contribution in [0.4, 0.5) is 4.79 Å². The van der Waals surface area contributed by atoms with Crippen molar-refractivity contribution in [1.29, 1.82) is 0 Å². The van der Waals surface area contributed by atoms with Gasteiger partial charge in [0.1, 0.15) is 29.5 Å². The van der Waals surface area contributed by atoms with Crippen molar-refractivity contribution in [2.75, 3.05) is 6.61 Å². The van der Waals surface area contributed by atoms with Crippen LogP contribution in [0.2, 0.25) is 0 Å². The van der Waals surface area contributed by atoms with Crippen LogP contribution in [0, 0.1) is 23.7 Å². The molecule has 13 atom stereocenters. The van der Waals surface area contributed by atoms with Gasteiger partial charge in [-0.25, -0.2) is 4.79 Å². The lowest BCUT2D eigenvalue weighted by atomic mass is 9.54. The van der Waals surface area contributed by atoms with Gasteiger partial charge in [-0.05, 0) is 37.2 Å². The molecule has 4 heterocycles. The van der Waals surface area contributed by atoms with Crippen molar-refractivity contribution >= 4 is 6.16 Å².